The minimum Gasteiger partial charge on any atom is -0.482 e. The van der Waals surface area contributed by atoms with Gasteiger partial charge < -0.3 is 13.6 Å². The summed E-state index contributed by atoms with van der Waals surface area (Å²) in [6, 6.07) is 16.6. The largest absolute Gasteiger partial charge is 0.482 e. The predicted molar refractivity (Wildman–Crippen MR) is 151 cm³/mol. The maximum absolute atomic E-state index is 6.77. The fourth-order valence-electron chi connectivity index (χ4n) is 3.01. The van der Waals surface area contributed by atoms with Crippen molar-refractivity contribution in [3.8, 4) is 5.75 Å². The van der Waals surface area contributed by atoms with Crippen LogP contribution in [0.4, 0.5) is 0 Å². The number of ether oxygens (including phenoxy) is 1. The zero-order chi connectivity index (χ0) is 25.8. The highest BCUT2D eigenvalue weighted by molar-refractivity contribution is 6.74. The molecular weight excluding hydrogens is 452 g/mol. The van der Waals surface area contributed by atoms with Gasteiger partial charge in [0.05, 0.1) is 13.2 Å². The van der Waals surface area contributed by atoms with E-state index in [4.69, 9.17) is 13.6 Å². The average Bonchev–Trinajstić information content (AvgIpc) is 2.74. The van der Waals surface area contributed by atoms with Crippen molar-refractivity contribution in [3.05, 3.63) is 71.8 Å². The van der Waals surface area contributed by atoms with E-state index in [1.165, 1.54) is 0 Å². The molecule has 0 aromatic heterocycles. The molecule has 0 aliphatic heterocycles. The minimum absolute atomic E-state index is 0.134. The normalized spacial score (nSPS) is 14.1. The van der Waals surface area contributed by atoms with Gasteiger partial charge in [-0.25, -0.2) is 0 Å². The van der Waals surface area contributed by atoms with Crippen molar-refractivity contribution in [1.29, 1.82) is 0 Å². The van der Waals surface area contributed by atoms with Crippen molar-refractivity contribution in [3.63, 3.8) is 0 Å². The summed E-state index contributed by atoms with van der Waals surface area (Å²) in [4.78, 5) is 0. The monoisotopic (exact) mass is 498 g/mol. The lowest BCUT2D eigenvalue weighted by molar-refractivity contribution is 0.118. The van der Waals surface area contributed by atoms with E-state index in [9.17, 15) is 0 Å². The Kier molecular flexibility index (Phi) is 9.19. The first-order valence-electron chi connectivity index (χ1n) is 12.3. The molecule has 1 unspecified atom stereocenters. The number of rotatable bonds is 10. The highest BCUT2D eigenvalue weighted by atomic mass is 28.4. The van der Waals surface area contributed by atoms with Crippen LogP contribution < -0.4 is 4.74 Å². The number of para-hydroxylation sites is 1. The summed E-state index contributed by atoms with van der Waals surface area (Å²) in [7, 11) is -3.84. The van der Waals surface area contributed by atoms with Gasteiger partial charge in [-0.15, -0.1) is 0 Å². The molecule has 0 saturated heterocycles. The molecule has 0 N–H and O–H groups in total. The minimum atomic E-state index is -1.93. The van der Waals surface area contributed by atoms with Crippen molar-refractivity contribution in [1.82, 2.24) is 0 Å². The van der Waals surface area contributed by atoms with Crippen LogP contribution in [-0.2, 0) is 15.5 Å². The fraction of sp³-hybridized carbons (Fsp3) is 0.517. The van der Waals surface area contributed by atoms with E-state index in [1.807, 2.05) is 12.1 Å². The van der Waals surface area contributed by atoms with Gasteiger partial charge in [-0.05, 0) is 41.8 Å². The van der Waals surface area contributed by atoms with Crippen LogP contribution in [0.3, 0.4) is 0 Å². The number of hydrogen-bond donors (Lipinski definition) is 0. The zero-order valence-corrected chi connectivity index (χ0v) is 25.1. The van der Waals surface area contributed by atoms with Gasteiger partial charge >= 0.3 is 0 Å². The first kappa shape index (κ1) is 28.6. The average molecular weight is 499 g/mol. The SMILES string of the molecule is C=Cc1cccc(CO[Si](C)(C)C(C)(C)C)c1OC(CO[Si](C)(C)C(C)(C)C)c1ccccc1. The summed E-state index contributed by atoms with van der Waals surface area (Å²) < 4.78 is 20.0. The third kappa shape index (κ3) is 7.17. The van der Waals surface area contributed by atoms with Crippen molar-refractivity contribution >= 4 is 22.7 Å². The molecule has 2 aromatic rings. The second-order valence-corrected chi connectivity index (χ2v) is 21.8. The Morgan fingerprint density at radius 3 is 1.88 bits per heavy atom. The molecule has 2 aromatic carbocycles. The first-order chi connectivity index (χ1) is 15.6. The van der Waals surface area contributed by atoms with E-state index in [-0.39, 0.29) is 16.2 Å². The van der Waals surface area contributed by atoms with Gasteiger partial charge in [0.2, 0.25) is 0 Å². The quantitative estimate of drug-likeness (QED) is 0.306. The smallest absolute Gasteiger partial charge is 0.192 e. The third-order valence-corrected chi connectivity index (χ3v) is 16.6. The lowest BCUT2D eigenvalue weighted by Gasteiger charge is -2.37. The molecule has 0 heterocycles. The van der Waals surface area contributed by atoms with E-state index in [2.05, 4.69) is 117 Å². The van der Waals surface area contributed by atoms with Gasteiger partial charge in [-0.3, -0.25) is 0 Å². The van der Waals surface area contributed by atoms with Gasteiger partial charge in [0.1, 0.15) is 11.9 Å². The van der Waals surface area contributed by atoms with Crippen molar-refractivity contribution in [2.75, 3.05) is 6.61 Å². The summed E-state index contributed by atoms with van der Waals surface area (Å²) in [5.41, 5.74) is 3.14. The first-order valence-corrected chi connectivity index (χ1v) is 18.1. The number of benzene rings is 2. The molecule has 0 bridgehead atoms. The van der Waals surface area contributed by atoms with E-state index in [0.717, 1.165) is 22.4 Å². The molecule has 0 saturated carbocycles. The van der Waals surface area contributed by atoms with E-state index in [1.54, 1.807) is 0 Å². The third-order valence-electron chi connectivity index (χ3n) is 7.57. The van der Waals surface area contributed by atoms with Crippen molar-refractivity contribution < 1.29 is 13.6 Å². The zero-order valence-electron chi connectivity index (χ0n) is 23.1. The molecule has 0 aliphatic rings. The molecule has 0 aliphatic carbocycles. The summed E-state index contributed by atoms with van der Waals surface area (Å²) in [5, 5.41) is 0.281. The van der Waals surface area contributed by atoms with E-state index in [0.29, 0.717) is 13.2 Å². The van der Waals surface area contributed by atoms with Gasteiger partial charge in [-0.2, -0.15) is 0 Å². The van der Waals surface area contributed by atoms with Crippen molar-refractivity contribution in [2.45, 2.75) is 90.5 Å². The lowest BCUT2D eigenvalue weighted by Crippen LogP contribution is -2.42. The summed E-state index contributed by atoms with van der Waals surface area (Å²) in [5.74, 6) is 0.837. The van der Waals surface area contributed by atoms with Crippen LogP contribution in [0.15, 0.2) is 55.1 Å². The van der Waals surface area contributed by atoms with Gasteiger partial charge in [0, 0.05) is 11.1 Å². The topological polar surface area (TPSA) is 27.7 Å². The Hall–Kier alpha value is -1.67. The van der Waals surface area contributed by atoms with Crippen LogP contribution in [0.5, 0.6) is 5.75 Å². The van der Waals surface area contributed by atoms with Crippen LogP contribution >= 0.6 is 0 Å². The molecule has 2 rings (SSSR count). The Labute approximate surface area is 210 Å². The number of hydrogen-bond acceptors (Lipinski definition) is 3. The summed E-state index contributed by atoms with van der Waals surface area (Å²) in [6.45, 7) is 27.8. The predicted octanol–water partition coefficient (Wildman–Crippen LogP) is 8.99. The standard InChI is InChI=1S/C29H46O3Si2/c1-12-23-19-16-20-25(21-30-33(8,9)28(2,3)4)27(23)32-26(24-17-14-13-15-18-24)22-31-34(10,11)29(5,6)7/h12-20,26H,1,21-22H2,2-11H3. The summed E-state index contributed by atoms with van der Waals surface area (Å²) >= 11 is 0. The second-order valence-electron chi connectivity index (χ2n) is 12.2. The molecular formula is C29H46O3Si2. The molecule has 0 spiro atoms. The molecule has 0 amide bonds. The Morgan fingerprint density at radius 1 is 0.794 bits per heavy atom. The molecule has 5 heteroatoms. The second kappa shape index (κ2) is 10.9. The highest BCUT2D eigenvalue weighted by Gasteiger charge is 2.39. The highest BCUT2D eigenvalue weighted by Crippen LogP contribution is 2.40. The van der Waals surface area contributed by atoms with Gasteiger partial charge in [0.15, 0.2) is 16.6 Å². The Bertz CT molecular complexity index is 938. The van der Waals surface area contributed by atoms with Gasteiger partial charge in [0.25, 0.3) is 0 Å². The molecule has 0 radical (unpaired) electrons. The van der Waals surface area contributed by atoms with E-state index < -0.39 is 16.6 Å². The van der Waals surface area contributed by atoms with Crippen LogP contribution in [0.25, 0.3) is 6.08 Å². The van der Waals surface area contributed by atoms with Crippen molar-refractivity contribution in [2.24, 2.45) is 0 Å². The summed E-state index contributed by atoms with van der Waals surface area (Å²) in [6.07, 6.45) is 1.64. The fourth-order valence-corrected chi connectivity index (χ4v) is 4.96. The Morgan fingerprint density at radius 2 is 1.35 bits per heavy atom. The maximum Gasteiger partial charge on any atom is 0.192 e. The molecule has 1 atom stereocenters. The molecule has 3 nitrogen and oxygen atoms in total. The van der Waals surface area contributed by atoms with Crippen LogP contribution in [0.1, 0.15) is 64.3 Å². The van der Waals surface area contributed by atoms with E-state index >= 15 is 0 Å². The van der Waals surface area contributed by atoms with Gasteiger partial charge in [-0.1, -0.05) is 103 Å². The van der Waals surface area contributed by atoms with Crippen LogP contribution in [0, 0.1) is 0 Å². The lowest BCUT2D eigenvalue weighted by atomic mass is 10.1. The molecule has 34 heavy (non-hydrogen) atoms. The molecule has 0 fully saturated rings. The Balaban J connectivity index is 2.39. The maximum atomic E-state index is 6.77. The van der Waals surface area contributed by atoms with Crippen LogP contribution in [-0.4, -0.2) is 23.2 Å². The molecule has 188 valence electrons. The van der Waals surface area contributed by atoms with Crippen LogP contribution in [0.2, 0.25) is 36.3 Å².